The number of amides is 1. The van der Waals surface area contributed by atoms with Crippen LogP contribution in [0.2, 0.25) is 5.02 Å². The van der Waals surface area contributed by atoms with Crippen LogP contribution >= 0.6 is 11.6 Å². The molecule has 3 heterocycles. The summed E-state index contributed by atoms with van der Waals surface area (Å²) in [6, 6.07) is 12.7. The van der Waals surface area contributed by atoms with Crippen LogP contribution in [-0.2, 0) is 19.3 Å². The molecule has 1 unspecified atom stereocenters. The fraction of sp³-hybridized carbons (Fsp3) is 0.240. The minimum atomic E-state index is -4.57. The van der Waals surface area contributed by atoms with E-state index >= 15 is 0 Å². The van der Waals surface area contributed by atoms with Gasteiger partial charge in [-0.25, -0.2) is 0 Å². The molecule has 13 heteroatoms. The summed E-state index contributed by atoms with van der Waals surface area (Å²) in [5, 5.41) is 15.3. The van der Waals surface area contributed by atoms with E-state index in [1.807, 2.05) is 0 Å². The second-order valence-electron chi connectivity index (χ2n) is 8.73. The molecule has 0 aliphatic carbocycles. The molecule has 1 aliphatic heterocycles. The maximum atomic E-state index is 13.7. The lowest BCUT2D eigenvalue weighted by molar-refractivity contribution is -0.137. The van der Waals surface area contributed by atoms with Crippen LogP contribution in [-0.4, -0.2) is 44.0 Å². The topological polar surface area (TPSA) is 96.9 Å². The molecule has 0 spiro atoms. The van der Waals surface area contributed by atoms with Crippen LogP contribution in [0.4, 0.5) is 19.0 Å². The third-order valence-electron chi connectivity index (χ3n) is 5.97. The lowest BCUT2D eigenvalue weighted by Gasteiger charge is -2.38. The zero-order valence-electron chi connectivity index (χ0n) is 20.1. The molecule has 1 atom stereocenters. The monoisotopic (exact) mass is 547 g/mol. The van der Waals surface area contributed by atoms with Crippen molar-refractivity contribution in [2.45, 2.75) is 32.5 Å². The number of aliphatic hydroxyl groups is 1. The van der Waals surface area contributed by atoms with Crippen molar-refractivity contribution in [2.24, 2.45) is 0 Å². The van der Waals surface area contributed by atoms with Crippen molar-refractivity contribution in [1.82, 2.24) is 19.6 Å². The Hall–Kier alpha value is -4.03. The second kappa shape index (κ2) is 9.69. The molecule has 1 aliphatic rings. The molecule has 1 amide bonds. The van der Waals surface area contributed by atoms with E-state index < -0.39 is 24.0 Å². The number of aliphatic hydroxyl groups excluding tert-OH is 1. The third kappa shape index (κ3) is 4.92. The Morgan fingerprint density at radius 3 is 2.53 bits per heavy atom. The molecule has 0 saturated carbocycles. The van der Waals surface area contributed by atoms with E-state index in [-0.39, 0.29) is 36.4 Å². The molecule has 2 aromatic heterocycles. The Balaban J connectivity index is 1.58. The SMILES string of the molecule is Cc1cc(CN2C(=O)c3c(nc(Oc4cccc(C(F)(F)F)c4)n3Cc3ccc(Cl)cc3)N(C)C2O)no1. The Bertz CT molecular complexity index is 1490. The first-order chi connectivity index (χ1) is 18.0. The number of carbonyl (C=O) groups is 1. The van der Waals surface area contributed by atoms with Crippen LogP contribution in [0.1, 0.15) is 33.1 Å². The van der Waals surface area contributed by atoms with Gasteiger partial charge in [-0.3, -0.25) is 14.3 Å². The van der Waals surface area contributed by atoms with E-state index in [0.29, 0.717) is 16.5 Å². The maximum Gasteiger partial charge on any atom is 0.416 e. The van der Waals surface area contributed by atoms with E-state index in [1.54, 1.807) is 37.3 Å². The average molecular weight is 548 g/mol. The first-order valence-corrected chi connectivity index (χ1v) is 11.7. The lowest BCUT2D eigenvalue weighted by Crippen LogP contribution is -2.54. The fourth-order valence-electron chi connectivity index (χ4n) is 4.10. The second-order valence-corrected chi connectivity index (χ2v) is 9.16. The van der Waals surface area contributed by atoms with Crippen molar-refractivity contribution < 1.29 is 32.3 Å². The van der Waals surface area contributed by atoms with Crippen molar-refractivity contribution in [1.29, 1.82) is 0 Å². The third-order valence-corrected chi connectivity index (χ3v) is 6.22. The van der Waals surface area contributed by atoms with Gasteiger partial charge in [-0.2, -0.15) is 18.2 Å². The number of hydrogen-bond donors (Lipinski definition) is 1. The molecule has 0 bridgehead atoms. The van der Waals surface area contributed by atoms with Gasteiger partial charge in [0.25, 0.3) is 5.91 Å². The van der Waals surface area contributed by atoms with Gasteiger partial charge in [0, 0.05) is 18.1 Å². The highest BCUT2D eigenvalue weighted by molar-refractivity contribution is 6.30. The summed E-state index contributed by atoms with van der Waals surface area (Å²) in [6.45, 7) is 1.73. The van der Waals surface area contributed by atoms with Crippen molar-refractivity contribution in [3.63, 3.8) is 0 Å². The predicted molar refractivity (Wildman–Crippen MR) is 130 cm³/mol. The van der Waals surface area contributed by atoms with Gasteiger partial charge in [-0.1, -0.05) is 35.0 Å². The number of imidazole rings is 1. The number of fused-ring (bicyclic) bond motifs is 1. The van der Waals surface area contributed by atoms with Crippen LogP contribution < -0.4 is 9.64 Å². The smallest absolute Gasteiger partial charge is 0.416 e. The van der Waals surface area contributed by atoms with E-state index in [1.165, 1.54) is 33.5 Å². The molecule has 0 radical (unpaired) electrons. The zero-order valence-corrected chi connectivity index (χ0v) is 20.9. The Labute approximate surface area is 219 Å². The highest BCUT2D eigenvalue weighted by Crippen LogP contribution is 2.37. The number of halogens is 4. The molecular formula is C25H21ClF3N5O4. The minimum absolute atomic E-state index is 0.0585. The van der Waals surface area contributed by atoms with Gasteiger partial charge >= 0.3 is 12.2 Å². The molecule has 0 saturated heterocycles. The standard InChI is InChI=1S/C25H21ClF3N5O4/c1-14-10-18(31-38-14)13-34-22(35)20-21(32(2)24(34)36)30-23(33(20)12-15-6-8-17(26)9-7-15)37-19-5-3-4-16(11-19)25(27,28)29/h3-11,24,36H,12-13H2,1-2H3. The number of ether oxygens (including phenoxy) is 1. The number of benzene rings is 2. The molecule has 5 rings (SSSR count). The van der Waals surface area contributed by atoms with Gasteiger partial charge in [0.05, 0.1) is 18.7 Å². The quantitative estimate of drug-likeness (QED) is 0.360. The molecular weight excluding hydrogens is 527 g/mol. The molecule has 0 fully saturated rings. The summed E-state index contributed by atoms with van der Waals surface area (Å²) >= 11 is 6.01. The van der Waals surface area contributed by atoms with Crippen LogP contribution in [0.3, 0.4) is 0 Å². The highest BCUT2D eigenvalue weighted by atomic mass is 35.5. The summed E-state index contributed by atoms with van der Waals surface area (Å²) < 4.78 is 52.2. The lowest BCUT2D eigenvalue weighted by atomic mass is 10.2. The Kier molecular flexibility index (Phi) is 6.53. The van der Waals surface area contributed by atoms with Crippen molar-refractivity contribution in [3.05, 3.63) is 87.9 Å². The van der Waals surface area contributed by atoms with Crippen molar-refractivity contribution >= 4 is 23.3 Å². The highest BCUT2D eigenvalue weighted by Gasteiger charge is 2.41. The summed E-state index contributed by atoms with van der Waals surface area (Å²) in [5.41, 5.74) is 0.336. The van der Waals surface area contributed by atoms with Crippen molar-refractivity contribution in [2.75, 3.05) is 11.9 Å². The van der Waals surface area contributed by atoms with Crippen LogP contribution in [0.15, 0.2) is 59.1 Å². The average Bonchev–Trinajstić information content (AvgIpc) is 3.44. The Morgan fingerprint density at radius 2 is 1.87 bits per heavy atom. The van der Waals surface area contributed by atoms with E-state index in [2.05, 4.69) is 10.1 Å². The Morgan fingerprint density at radius 1 is 1.13 bits per heavy atom. The number of aryl methyl sites for hydroxylation is 1. The molecule has 38 heavy (non-hydrogen) atoms. The molecule has 1 N–H and O–H groups in total. The summed E-state index contributed by atoms with van der Waals surface area (Å²) in [7, 11) is 1.53. The fourth-order valence-corrected chi connectivity index (χ4v) is 4.22. The van der Waals surface area contributed by atoms with Gasteiger partial charge in [0.2, 0.25) is 6.35 Å². The van der Waals surface area contributed by atoms with Crippen LogP contribution in [0, 0.1) is 6.92 Å². The maximum absolute atomic E-state index is 13.7. The van der Waals surface area contributed by atoms with E-state index in [0.717, 1.165) is 17.7 Å². The number of anilines is 1. The first-order valence-electron chi connectivity index (χ1n) is 11.4. The van der Waals surface area contributed by atoms with Gasteiger partial charge in [0.15, 0.2) is 11.5 Å². The normalized spacial score (nSPS) is 15.7. The zero-order chi connectivity index (χ0) is 27.2. The molecule has 2 aromatic carbocycles. The van der Waals surface area contributed by atoms with Gasteiger partial charge < -0.3 is 19.3 Å². The molecule has 9 nitrogen and oxygen atoms in total. The van der Waals surface area contributed by atoms with Crippen molar-refractivity contribution in [3.8, 4) is 11.8 Å². The minimum Gasteiger partial charge on any atom is -0.425 e. The van der Waals surface area contributed by atoms with Crippen LogP contribution in [0.25, 0.3) is 0 Å². The summed E-state index contributed by atoms with van der Waals surface area (Å²) in [4.78, 5) is 20.6. The van der Waals surface area contributed by atoms with Gasteiger partial charge in [-0.05, 0) is 42.8 Å². The number of hydrogen-bond acceptors (Lipinski definition) is 7. The summed E-state index contributed by atoms with van der Waals surface area (Å²) in [6.07, 6.45) is -5.97. The number of carbonyl (C=O) groups excluding carboxylic acids is 1. The number of nitrogens with zero attached hydrogens (tertiary/aromatic N) is 5. The molecule has 4 aromatic rings. The largest absolute Gasteiger partial charge is 0.425 e. The number of rotatable bonds is 6. The van der Waals surface area contributed by atoms with Crippen LogP contribution in [0.5, 0.6) is 11.8 Å². The predicted octanol–water partition coefficient (Wildman–Crippen LogP) is 5.06. The first kappa shape index (κ1) is 25.6. The number of alkyl halides is 3. The van der Waals surface area contributed by atoms with Gasteiger partial charge in [-0.15, -0.1) is 0 Å². The van der Waals surface area contributed by atoms with E-state index in [9.17, 15) is 23.1 Å². The van der Waals surface area contributed by atoms with Gasteiger partial charge in [0.1, 0.15) is 17.2 Å². The summed E-state index contributed by atoms with van der Waals surface area (Å²) in [5.74, 6) is -0.0553. The van der Waals surface area contributed by atoms with E-state index in [4.69, 9.17) is 20.9 Å². The number of aromatic nitrogens is 3. The molecule has 198 valence electrons.